The van der Waals surface area contributed by atoms with Crippen LogP contribution in [0.25, 0.3) is 0 Å². The van der Waals surface area contributed by atoms with E-state index in [0.29, 0.717) is 5.92 Å². The van der Waals surface area contributed by atoms with Crippen LogP contribution in [0.4, 0.5) is 0 Å². The molecular weight excluding hydrogens is 188 g/mol. The zero-order valence-electron chi connectivity index (χ0n) is 9.98. The average molecular weight is 210 g/mol. The molecule has 0 saturated heterocycles. The summed E-state index contributed by atoms with van der Waals surface area (Å²) in [5, 5.41) is 4.15. The predicted molar refractivity (Wildman–Crippen MR) is 61.4 cm³/mol. The normalized spacial score (nSPS) is 13.4. The van der Waals surface area contributed by atoms with Gasteiger partial charge in [0.25, 0.3) is 0 Å². The maximum Gasteiger partial charge on any atom is 0.138 e. The largest absolute Gasteiger partial charge is 0.327 e. The monoisotopic (exact) mass is 210 g/mol. The molecule has 86 valence electrons. The van der Waals surface area contributed by atoms with Crippen molar-refractivity contribution in [2.75, 3.05) is 0 Å². The molecule has 4 heteroatoms. The van der Waals surface area contributed by atoms with E-state index in [-0.39, 0.29) is 6.04 Å². The van der Waals surface area contributed by atoms with Gasteiger partial charge in [-0.3, -0.25) is 4.68 Å². The SMILES string of the molecule is CCC(CC)C(N)Cc1ncnn1CC. The lowest BCUT2D eigenvalue weighted by molar-refractivity contribution is 0.383. The molecule has 0 aromatic carbocycles. The van der Waals surface area contributed by atoms with Gasteiger partial charge >= 0.3 is 0 Å². The Hall–Kier alpha value is -0.900. The number of aromatic nitrogens is 3. The van der Waals surface area contributed by atoms with Crippen molar-refractivity contribution in [3.63, 3.8) is 0 Å². The third-order valence-corrected chi connectivity index (χ3v) is 3.07. The lowest BCUT2D eigenvalue weighted by Crippen LogP contribution is -2.32. The molecule has 0 amide bonds. The lowest BCUT2D eigenvalue weighted by Gasteiger charge is -2.20. The molecule has 0 aliphatic rings. The summed E-state index contributed by atoms with van der Waals surface area (Å²) >= 11 is 0. The van der Waals surface area contributed by atoms with Crippen LogP contribution < -0.4 is 5.73 Å². The van der Waals surface area contributed by atoms with Gasteiger partial charge in [-0.15, -0.1) is 0 Å². The van der Waals surface area contributed by atoms with E-state index in [1.165, 1.54) is 0 Å². The number of hydrogen-bond acceptors (Lipinski definition) is 3. The molecule has 1 atom stereocenters. The first-order valence-electron chi connectivity index (χ1n) is 5.85. The van der Waals surface area contributed by atoms with Gasteiger partial charge in [0, 0.05) is 19.0 Å². The molecular formula is C11H22N4. The molecule has 1 rings (SSSR count). The van der Waals surface area contributed by atoms with E-state index >= 15 is 0 Å². The van der Waals surface area contributed by atoms with Crippen molar-refractivity contribution in [2.45, 2.75) is 52.6 Å². The Kier molecular flexibility index (Phi) is 4.75. The van der Waals surface area contributed by atoms with Gasteiger partial charge in [0.05, 0.1) is 0 Å². The molecule has 0 saturated carbocycles. The quantitative estimate of drug-likeness (QED) is 0.776. The Balaban J connectivity index is 2.60. The maximum atomic E-state index is 6.17. The fourth-order valence-corrected chi connectivity index (χ4v) is 1.98. The third-order valence-electron chi connectivity index (χ3n) is 3.07. The zero-order valence-corrected chi connectivity index (χ0v) is 9.98. The van der Waals surface area contributed by atoms with Crippen LogP contribution in [-0.4, -0.2) is 20.8 Å². The first-order chi connectivity index (χ1) is 7.22. The molecule has 1 aromatic rings. The smallest absolute Gasteiger partial charge is 0.138 e. The van der Waals surface area contributed by atoms with E-state index in [9.17, 15) is 0 Å². The van der Waals surface area contributed by atoms with Crippen LogP contribution in [0.5, 0.6) is 0 Å². The van der Waals surface area contributed by atoms with E-state index in [1.807, 2.05) is 4.68 Å². The van der Waals surface area contributed by atoms with Gasteiger partial charge in [0.2, 0.25) is 0 Å². The Morgan fingerprint density at radius 1 is 1.33 bits per heavy atom. The zero-order chi connectivity index (χ0) is 11.3. The molecule has 1 aromatic heterocycles. The van der Waals surface area contributed by atoms with Gasteiger partial charge in [0.15, 0.2) is 0 Å². The average Bonchev–Trinajstić information content (AvgIpc) is 2.67. The van der Waals surface area contributed by atoms with Crippen molar-refractivity contribution in [2.24, 2.45) is 11.7 Å². The van der Waals surface area contributed by atoms with Gasteiger partial charge in [-0.2, -0.15) is 5.10 Å². The van der Waals surface area contributed by atoms with Gasteiger partial charge in [0.1, 0.15) is 12.2 Å². The van der Waals surface area contributed by atoms with Crippen LogP contribution in [0.1, 0.15) is 39.4 Å². The molecule has 0 fully saturated rings. The fraction of sp³-hybridized carbons (Fsp3) is 0.818. The maximum absolute atomic E-state index is 6.17. The summed E-state index contributed by atoms with van der Waals surface area (Å²) in [7, 11) is 0. The molecule has 2 N–H and O–H groups in total. The van der Waals surface area contributed by atoms with Crippen molar-refractivity contribution in [1.82, 2.24) is 14.8 Å². The second-order valence-electron chi connectivity index (χ2n) is 3.94. The summed E-state index contributed by atoms with van der Waals surface area (Å²) in [6.07, 6.45) is 4.72. The fourth-order valence-electron chi connectivity index (χ4n) is 1.98. The Labute approximate surface area is 91.9 Å². The van der Waals surface area contributed by atoms with E-state index < -0.39 is 0 Å². The molecule has 1 heterocycles. The van der Waals surface area contributed by atoms with Crippen molar-refractivity contribution in [1.29, 1.82) is 0 Å². The van der Waals surface area contributed by atoms with Gasteiger partial charge in [-0.1, -0.05) is 26.7 Å². The van der Waals surface area contributed by atoms with Gasteiger partial charge < -0.3 is 5.73 Å². The lowest BCUT2D eigenvalue weighted by atomic mass is 9.92. The molecule has 0 aliphatic heterocycles. The van der Waals surface area contributed by atoms with Crippen molar-refractivity contribution < 1.29 is 0 Å². The summed E-state index contributed by atoms with van der Waals surface area (Å²) in [6.45, 7) is 7.32. The van der Waals surface area contributed by atoms with Crippen molar-refractivity contribution in [3.05, 3.63) is 12.2 Å². The van der Waals surface area contributed by atoms with Crippen LogP contribution in [-0.2, 0) is 13.0 Å². The molecule has 0 radical (unpaired) electrons. The van der Waals surface area contributed by atoms with Crippen molar-refractivity contribution >= 4 is 0 Å². The third kappa shape index (κ3) is 3.02. The van der Waals surface area contributed by atoms with Crippen LogP contribution in [0.2, 0.25) is 0 Å². The van der Waals surface area contributed by atoms with Gasteiger partial charge in [-0.25, -0.2) is 4.98 Å². The topological polar surface area (TPSA) is 56.7 Å². The second kappa shape index (κ2) is 5.85. The van der Waals surface area contributed by atoms with Crippen LogP contribution >= 0.6 is 0 Å². The van der Waals surface area contributed by atoms with Crippen LogP contribution in [0.3, 0.4) is 0 Å². The minimum Gasteiger partial charge on any atom is -0.327 e. The Bertz CT molecular complexity index is 278. The summed E-state index contributed by atoms with van der Waals surface area (Å²) in [4.78, 5) is 4.25. The van der Waals surface area contributed by atoms with Crippen LogP contribution in [0, 0.1) is 5.92 Å². The molecule has 15 heavy (non-hydrogen) atoms. The molecule has 0 aliphatic carbocycles. The standard InChI is InChI=1S/C11H22N4/c1-4-9(5-2)10(12)7-11-13-8-14-15(11)6-3/h8-10H,4-7,12H2,1-3H3. The van der Waals surface area contributed by atoms with E-state index in [0.717, 1.165) is 31.6 Å². The minimum absolute atomic E-state index is 0.203. The highest BCUT2D eigenvalue weighted by molar-refractivity contribution is 4.90. The van der Waals surface area contributed by atoms with E-state index in [2.05, 4.69) is 30.9 Å². The first-order valence-corrected chi connectivity index (χ1v) is 5.85. The highest BCUT2D eigenvalue weighted by Crippen LogP contribution is 2.14. The number of hydrogen-bond donors (Lipinski definition) is 1. The summed E-state index contributed by atoms with van der Waals surface area (Å²) < 4.78 is 1.92. The van der Waals surface area contributed by atoms with Crippen LogP contribution in [0.15, 0.2) is 6.33 Å². The molecule has 0 spiro atoms. The first kappa shape index (κ1) is 12.2. The Morgan fingerprint density at radius 2 is 2.00 bits per heavy atom. The predicted octanol–water partition coefficient (Wildman–Crippen LogP) is 1.60. The highest BCUT2D eigenvalue weighted by Gasteiger charge is 2.16. The number of rotatable bonds is 6. The minimum atomic E-state index is 0.203. The Morgan fingerprint density at radius 3 is 2.53 bits per heavy atom. The van der Waals surface area contributed by atoms with Crippen molar-refractivity contribution in [3.8, 4) is 0 Å². The second-order valence-corrected chi connectivity index (χ2v) is 3.94. The van der Waals surface area contributed by atoms with E-state index in [4.69, 9.17) is 5.73 Å². The number of nitrogens with zero attached hydrogens (tertiary/aromatic N) is 3. The molecule has 1 unspecified atom stereocenters. The summed E-state index contributed by atoms with van der Waals surface area (Å²) in [5.41, 5.74) is 6.17. The molecule has 0 bridgehead atoms. The van der Waals surface area contributed by atoms with E-state index in [1.54, 1.807) is 6.33 Å². The summed E-state index contributed by atoms with van der Waals surface area (Å²) in [5.74, 6) is 1.60. The number of nitrogens with two attached hydrogens (primary N) is 1. The highest BCUT2D eigenvalue weighted by atomic mass is 15.3. The van der Waals surface area contributed by atoms with Gasteiger partial charge in [-0.05, 0) is 12.8 Å². The molecule has 4 nitrogen and oxygen atoms in total. The summed E-state index contributed by atoms with van der Waals surface area (Å²) in [6, 6.07) is 0.203. The number of aryl methyl sites for hydroxylation is 1.